The highest BCUT2D eigenvalue weighted by molar-refractivity contribution is 6.04. The smallest absolute Gasteiger partial charge is 0.257 e. The van der Waals surface area contributed by atoms with E-state index in [1.807, 2.05) is 17.0 Å². The first kappa shape index (κ1) is 13.0. The Hall–Kier alpha value is -1.97. The second-order valence-electron chi connectivity index (χ2n) is 5.92. The zero-order chi connectivity index (χ0) is 14.1. The molecule has 3 rings (SSSR count). The second kappa shape index (κ2) is 5.19. The Bertz CT molecular complexity index is 625. The molecule has 1 saturated heterocycles. The van der Waals surface area contributed by atoms with Crippen molar-refractivity contribution in [3.05, 3.63) is 36.3 Å². The van der Waals surface area contributed by atoms with Gasteiger partial charge in [0.25, 0.3) is 5.91 Å². The molecule has 104 valence electrons. The van der Waals surface area contributed by atoms with Crippen LogP contribution >= 0.6 is 0 Å². The van der Waals surface area contributed by atoms with E-state index in [-0.39, 0.29) is 5.91 Å². The Balaban J connectivity index is 1.96. The van der Waals surface area contributed by atoms with Gasteiger partial charge in [-0.2, -0.15) is 0 Å². The number of nitrogens with zero attached hydrogens (tertiary/aromatic N) is 3. The summed E-state index contributed by atoms with van der Waals surface area (Å²) in [6.07, 6.45) is 6.30. The molecular formula is C16H19N3O. The van der Waals surface area contributed by atoms with Gasteiger partial charge in [0.05, 0.1) is 11.1 Å². The van der Waals surface area contributed by atoms with Crippen molar-refractivity contribution in [2.24, 2.45) is 11.8 Å². The molecule has 4 nitrogen and oxygen atoms in total. The van der Waals surface area contributed by atoms with Crippen LogP contribution in [0.1, 0.15) is 30.6 Å². The van der Waals surface area contributed by atoms with Gasteiger partial charge in [-0.15, -0.1) is 0 Å². The lowest BCUT2D eigenvalue weighted by Crippen LogP contribution is -2.42. The number of carbonyl (C=O) groups is 1. The number of rotatable bonds is 1. The van der Waals surface area contributed by atoms with Crippen LogP contribution in [0.3, 0.4) is 0 Å². The average Bonchev–Trinajstić information content (AvgIpc) is 2.45. The van der Waals surface area contributed by atoms with E-state index < -0.39 is 0 Å². The number of pyridine rings is 2. The van der Waals surface area contributed by atoms with Gasteiger partial charge in [-0.3, -0.25) is 14.8 Å². The van der Waals surface area contributed by atoms with Gasteiger partial charge in [0.15, 0.2) is 0 Å². The van der Waals surface area contributed by atoms with Gasteiger partial charge >= 0.3 is 0 Å². The minimum Gasteiger partial charge on any atom is -0.338 e. The van der Waals surface area contributed by atoms with E-state index in [1.165, 1.54) is 6.42 Å². The number of aromatic nitrogens is 2. The van der Waals surface area contributed by atoms with E-state index in [0.29, 0.717) is 17.4 Å². The van der Waals surface area contributed by atoms with Crippen LogP contribution < -0.4 is 0 Å². The number of carbonyl (C=O) groups excluding carboxylic acids is 1. The molecule has 2 unspecified atom stereocenters. The average molecular weight is 269 g/mol. The molecule has 4 heteroatoms. The maximum atomic E-state index is 12.8. The van der Waals surface area contributed by atoms with Crippen molar-refractivity contribution in [2.45, 2.75) is 20.3 Å². The number of likely N-dealkylation sites (tertiary alicyclic amines) is 1. The molecular weight excluding hydrogens is 250 g/mol. The summed E-state index contributed by atoms with van der Waals surface area (Å²) in [7, 11) is 0. The molecule has 2 atom stereocenters. The summed E-state index contributed by atoms with van der Waals surface area (Å²) in [6, 6.07) is 3.80. The van der Waals surface area contributed by atoms with E-state index in [9.17, 15) is 4.79 Å². The van der Waals surface area contributed by atoms with Crippen molar-refractivity contribution in [2.75, 3.05) is 13.1 Å². The predicted octanol–water partition coefficient (Wildman–Crippen LogP) is 2.75. The molecule has 0 spiro atoms. The Labute approximate surface area is 118 Å². The standard InChI is InChI=1S/C16H19N3O/c1-11-6-12(2)10-19(9-11)16(20)14-8-17-7-13-4-3-5-18-15(13)14/h3-5,7-8,11-12H,6,9-10H2,1-2H3. The van der Waals surface area contributed by atoms with E-state index in [2.05, 4.69) is 23.8 Å². The summed E-state index contributed by atoms with van der Waals surface area (Å²) in [5, 5.41) is 0.913. The molecule has 0 aliphatic carbocycles. The van der Waals surface area contributed by atoms with Crippen molar-refractivity contribution in [3.63, 3.8) is 0 Å². The topological polar surface area (TPSA) is 46.1 Å². The van der Waals surface area contributed by atoms with Gasteiger partial charge in [0.2, 0.25) is 0 Å². The van der Waals surface area contributed by atoms with Crippen molar-refractivity contribution < 1.29 is 4.79 Å². The fourth-order valence-electron chi connectivity index (χ4n) is 3.16. The summed E-state index contributed by atoms with van der Waals surface area (Å²) in [6.45, 7) is 6.06. The van der Waals surface area contributed by atoms with Crippen molar-refractivity contribution in [1.82, 2.24) is 14.9 Å². The van der Waals surface area contributed by atoms with Crippen molar-refractivity contribution in [1.29, 1.82) is 0 Å². The number of hydrogen-bond acceptors (Lipinski definition) is 3. The van der Waals surface area contributed by atoms with Gasteiger partial charge in [0, 0.05) is 37.1 Å². The molecule has 1 amide bonds. The molecule has 3 heterocycles. The molecule has 20 heavy (non-hydrogen) atoms. The molecule has 2 aromatic rings. The molecule has 1 aliphatic rings. The zero-order valence-electron chi connectivity index (χ0n) is 11.9. The van der Waals surface area contributed by atoms with Crippen LogP contribution in [0.2, 0.25) is 0 Å². The Morgan fingerprint density at radius 2 is 2.00 bits per heavy atom. The van der Waals surface area contributed by atoms with E-state index in [1.54, 1.807) is 18.6 Å². The first-order valence-electron chi connectivity index (χ1n) is 7.13. The summed E-state index contributed by atoms with van der Waals surface area (Å²) in [5.41, 5.74) is 1.36. The maximum Gasteiger partial charge on any atom is 0.257 e. The molecule has 0 saturated carbocycles. The number of hydrogen-bond donors (Lipinski definition) is 0. The number of amides is 1. The molecule has 0 aromatic carbocycles. The van der Waals surface area contributed by atoms with Crippen molar-refractivity contribution >= 4 is 16.8 Å². The molecule has 0 bridgehead atoms. The van der Waals surface area contributed by atoms with Crippen LogP contribution in [0.15, 0.2) is 30.7 Å². The lowest BCUT2D eigenvalue weighted by molar-refractivity contribution is 0.0624. The van der Waals surface area contributed by atoms with E-state index >= 15 is 0 Å². The Kier molecular flexibility index (Phi) is 3.38. The molecule has 1 aliphatic heterocycles. The highest BCUT2D eigenvalue weighted by Crippen LogP contribution is 2.24. The highest BCUT2D eigenvalue weighted by Gasteiger charge is 2.27. The maximum absolute atomic E-state index is 12.8. The van der Waals surface area contributed by atoms with Gasteiger partial charge in [0.1, 0.15) is 0 Å². The Morgan fingerprint density at radius 1 is 1.25 bits per heavy atom. The molecule has 0 radical (unpaired) electrons. The van der Waals surface area contributed by atoms with Crippen molar-refractivity contribution in [3.8, 4) is 0 Å². The minimum absolute atomic E-state index is 0.0557. The summed E-state index contributed by atoms with van der Waals surface area (Å²) in [5.74, 6) is 1.16. The van der Waals surface area contributed by atoms with E-state index in [4.69, 9.17) is 0 Å². The first-order valence-corrected chi connectivity index (χ1v) is 7.13. The molecule has 2 aromatic heterocycles. The zero-order valence-corrected chi connectivity index (χ0v) is 11.9. The lowest BCUT2D eigenvalue weighted by Gasteiger charge is -2.35. The van der Waals surface area contributed by atoms with Gasteiger partial charge in [-0.25, -0.2) is 0 Å². The van der Waals surface area contributed by atoms with Gasteiger partial charge < -0.3 is 4.90 Å². The van der Waals surface area contributed by atoms with Crippen LogP contribution in [0, 0.1) is 11.8 Å². The van der Waals surface area contributed by atoms with Crippen LogP contribution in [0.5, 0.6) is 0 Å². The predicted molar refractivity (Wildman–Crippen MR) is 78.4 cm³/mol. The third-order valence-electron chi connectivity index (χ3n) is 3.90. The fraction of sp³-hybridized carbons (Fsp3) is 0.438. The van der Waals surface area contributed by atoms with Gasteiger partial charge in [-0.05, 0) is 30.4 Å². The number of fused-ring (bicyclic) bond motifs is 1. The summed E-state index contributed by atoms with van der Waals surface area (Å²) >= 11 is 0. The van der Waals surface area contributed by atoms with E-state index in [0.717, 1.165) is 24.0 Å². The minimum atomic E-state index is 0.0557. The lowest BCUT2D eigenvalue weighted by atomic mass is 9.91. The molecule has 1 fully saturated rings. The monoisotopic (exact) mass is 269 g/mol. The second-order valence-corrected chi connectivity index (χ2v) is 5.92. The quantitative estimate of drug-likeness (QED) is 0.799. The van der Waals surface area contributed by atoms with Crippen LogP contribution in [-0.2, 0) is 0 Å². The normalized spacial score (nSPS) is 23.0. The largest absolute Gasteiger partial charge is 0.338 e. The SMILES string of the molecule is CC1CC(C)CN(C(=O)c2cncc3cccnc23)C1. The summed E-state index contributed by atoms with van der Waals surface area (Å²) in [4.78, 5) is 23.2. The number of piperidine rings is 1. The van der Waals surface area contributed by atoms with Gasteiger partial charge in [-0.1, -0.05) is 13.8 Å². The summed E-state index contributed by atoms with van der Waals surface area (Å²) < 4.78 is 0. The third-order valence-corrected chi connectivity index (χ3v) is 3.90. The first-order chi connectivity index (χ1) is 9.65. The van der Waals surface area contributed by atoms with Crippen LogP contribution in [-0.4, -0.2) is 33.9 Å². The third kappa shape index (κ3) is 2.38. The Morgan fingerprint density at radius 3 is 2.75 bits per heavy atom. The fourth-order valence-corrected chi connectivity index (χ4v) is 3.16. The molecule has 0 N–H and O–H groups in total. The van der Waals surface area contributed by atoms with Crippen LogP contribution in [0.4, 0.5) is 0 Å². The highest BCUT2D eigenvalue weighted by atomic mass is 16.2. The van der Waals surface area contributed by atoms with Crippen LogP contribution in [0.25, 0.3) is 10.9 Å².